The fraction of sp³-hybridized carbons (Fsp3) is 0.500. The lowest BCUT2D eigenvalue weighted by atomic mass is 9.84. The van der Waals surface area contributed by atoms with Gasteiger partial charge in [0.1, 0.15) is 0 Å². The zero-order valence-electron chi connectivity index (χ0n) is 11.7. The molecule has 21 heavy (non-hydrogen) atoms. The summed E-state index contributed by atoms with van der Waals surface area (Å²) in [7, 11) is 0. The summed E-state index contributed by atoms with van der Waals surface area (Å²) in [5.74, 6) is -0.288. The molecule has 0 bridgehead atoms. The van der Waals surface area contributed by atoms with Crippen LogP contribution in [0, 0.1) is 5.41 Å². The maximum absolute atomic E-state index is 12.6. The molecule has 1 N–H and O–H groups in total. The number of aliphatic hydroxyl groups excluding tert-OH is 1. The highest BCUT2D eigenvalue weighted by atomic mass is 35.5. The Hall–Kier alpha value is -1.39. The van der Waals surface area contributed by atoms with Crippen LogP contribution in [0.25, 0.3) is 0 Å². The van der Waals surface area contributed by atoms with E-state index in [1.54, 1.807) is 24.3 Å². The van der Waals surface area contributed by atoms with Crippen molar-refractivity contribution in [2.75, 3.05) is 6.54 Å². The standard InChI is InChI=1S/C16H18ClNO3/c17-12-6-2-1-5-11(12)13(19)10-18-14(20)9-16(15(18)21)7-3-4-8-16/h1-2,5-6,13,19H,3-4,7-10H2/t13-/m0/s1. The third-order valence-electron chi connectivity index (χ3n) is 4.67. The maximum Gasteiger partial charge on any atom is 0.236 e. The summed E-state index contributed by atoms with van der Waals surface area (Å²) in [6.07, 6.45) is 2.93. The van der Waals surface area contributed by atoms with Gasteiger partial charge >= 0.3 is 0 Å². The first kappa shape index (κ1) is 14.5. The Kier molecular flexibility index (Phi) is 3.76. The van der Waals surface area contributed by atoms with E-state index < -0.39 is 11.5 Å². The minimum absolute atomic E-state index is 0.0108. The van der Waals surface area contributed by atoms with Crippen molar-refractivity contribution in [2.24, 2.45) is 5.41 Å². The molecule has 3 rings (SSSR count). The van der Waals surface area contributed by atoms with Gasteiger partial charge in [-0.3, -0.25) is 14.5 Å². The molecule has 5 heteroatoms. The number of hydrogen-bond donors (Lipinski definition) is 1. The first-order chi connectivity index (χ1) is 10.0. The van der Waals surface area contributed by atoms with E-state index in [2.05, 4.69) is 0 Å². The zero-order chi connectivity index (χ0) is 15.0. The summed E-state index contributed by atoms with van der Waals surface area (Å²) >= 11 is 6.05. The lowest BCUT2D eigenvalue weighted by Gasteiger charge is -2.23. The van der Waals surface area contributed by atoms with Gasteiger partial charge in [-0.05, 0) is 18.9 Å². The van der Waals surface area contributed by atoms with Crippen LogP contribution < -0.4 is 0 Å². The number of halogens is 1. The van der Waals surface area contributed by atoms with Gasteiger partial charge in [0.2, 0.25) is 11.8 Å². The molecule has 0 unspecified atom stereocenters. The highest BCUT2D eigenvalue weighted by molar-refractivity contribution is 6.31. The van der Waals surface area contributed by atoms with Gasteiger partial charge in [0, 0.05) is 17.0 Å². The molecule has 1 saturated heterocycles. The van der Waals surface area contributed by atoms with E-state index in [0.29, 0.717) is 17.0 Å². The predicted octanol–water partition coefficient (Wildman–Crippen LogP) is 2.69. The second-order valence-electron chi connectivity index (χ2n) is 6.01. The molecule has 1 atom stereocenters. The van der Waals surface area contributed by atoms with Crippen LogP contribution in [0.15, 0.2) is 24.3 Å². The highest BCUT2D eigenvalue weighted by Gasteiger charge is 2.52. The van der Waals surface area contributed by atoms with Crippen LogP contribution in [-0.2, 0) is 9.59 Å². The Balaban J connectivity index is 1.77. The van der Waals surface area contributed by atoms with Gasteiger partial charge in [-0.2, -0.15) is 0 Å². The zero-order valence-corrected chi connectivity index (χ0v) is 12.5. The number of amides is 2. The number of likely N-dealkylation sites (tertiary alicyclic amines) is 1. The Bertz CT molecular complexity index is 581. The lowest BCUT2D eigenvalue weighted by Crippen LogP contribution is -2.37. The smallest absolute Gasteiger partial charge is 0.236 e. The van der Waals surface area contributed by atoms with Crippen molar-refractivity contribution in [3.8, 4) is 0 Å². The topological polar surface area (TPSA) is 57.6 Å². The fourth-order valence-corrected chi connectivity index (χ4v) is 3.77. The minimum atomic E-state index is -0.942. The molecule has 4 nitrogen and oxygen atoms in total. The molecule has 2 amide bonds. The SMILES string of the molecule is O=C1CC2(CCCC2)C(=O)N1C[C@H](O)c1ccccc1Cl. The summed E-state index contributed by atoms with van der Waals surface area (Å²) in [5.41, 5.74) is 0.0595. The molecule has 1 aromatic carbocycles. The molecular weight excluding hydrogens is 290 g/mol. The maximum atomic E-state index is 12.6. The van der Waals surface area contributed by atoms with E-state index in [0.717, 1.165) is 25.7 Å². The number of hydrogen-bond acceptors (Lipinski definition) is 3. The van der Waals surface area contributed by atoms with Crippen molar-refractivity contribution < 1.29 is 14.7 Å². The second-order valence-corrected chi connectivity index (χ2v) is 6.42. The highest BCUT2D eigenvalue weighted by Crippen LogP contribution is 2.47. The van der Waals surface area contributed by atoms with Gasteiger partial charge in [-0.1, -0.05) is 42.6 Å². The minimum Gasteiger partial charge on any atom is -0.386 e. The van der Waals surface area contributed by atoms with Gasteiger partial charge in [-0.25, -0.2) is 0 Å². The van der Waals surface area contributed by atoms with Gasteiger partial charge in [0.25, 0.3) is 0 Å². The summed E-state index contributed by atoms with van der Waals surface area (Å²) in [6.45, 7) is -0.0108. The van der Waals surface area contributed by atoms with Gasteiger partial charge in [-0.15, -0.1) is 0 Å². The van der Waals surface area contributed by atoms with Crippen LogP contribution in [0.3, 0.4) is 0 Å². The number of carbonyl (C=O) groups is 2. The molecule has 0 radical (unpaired) electrons. The lowest BCUT2D eigenvalue weighted by molar-refractivity contribution is -0.143. The molecule has 1 heterocycles. The van der Waals surface area contributed by atoms with Gasteiger partial charge < -0.3 is 5.11 Å². The molecule has 1 aromatic rings. The largest absolute Gasteiger partial charge is 0.386 e. The summed E-state index contributed by atoms with van der Waals surface area (Å²) in [6, 6.07) is 6.95. The van der Waals surface area contributed by atoms with E-state index in [1.165, 1.54) is 4.90 Å². The van der Waals surface area contributed by atoms with Crippen LogP contribution >= 0.6 is 11.6 Å². The number of carbonyl (C=O) groups excluding carboxylic acids is 2. The molecule has 1 aliphatic carbocycles. The van der Waals surface area contributed by atoms with Crippen molar-refractivity contribution >= 4 is 23.4 Å². The van der Waals surface area contributed by atoms with E-state index >= 15 is 0 Å². The third-order valence-corrected chi connectivity index (χ3v) is 5.01. The quantitative estimate of drug-likeness (QED) is 0.874. The fourth-order valence-electron chi connectivity index (χ4n) is 3.50. The van der Waals surface area contributed by atoms with Crippen LogP contribution in [0.1, 0.15) is 43.8 Å². The molecule has 112 valence electrons. The number of β-amino-alcohol motifs (C(OH)–C–C–N with tert-alkyl or cyclic N) is 1. The van der Waals surface area contributed by atoms with Crippen LogP contribution in [0.4, 0.5) is 0 Å². The van der Waals surface area contributed by atoms with Crippen molar-refractivity contribution in [3.63, 3.8) is 0 Å². The summed E-state index contributed by atoms with van der Waals surface area (Å²) in [5, 5.41) is 10.7. The van der Waals surface area contributed by atoms with Crippen molar-refractivity contribution in [2.45, 2.75) is 38.2 Å². The number of aliphatic hydroxyl groups is 1. The van der Waals surface area contributed by atoms with Gasteiger partial charge in [0.05, 0.1) is 18.1 Å². The summed E-state index contributed by atoms with van der Waals surface area (Å²) < 4.78 is 0. The number of imide groups is 1. The van der Waals surface area contributed by atoms with E-state index in [-0.39, 0.29) is 18.4 Å². The number of rotatable bonds is 3. The Morgan fingerprint density at radius 3 is 2.57 bits per heavy atom. The van der Waals surface area contributed by atoms with Crippen molar-refractivity contribution in [1.82, 2.24) is 4.90 Å². The molecule has 2 fully saturated rings. The predicted molar refractivity (Wildman–Crippen MR) is 78.6 cm³/mol. The molecule has 1 aliphatic heterocycles. The van der Waals surface area contributed by atoms with Crippen LogP contribution in [0.2, 0.25) is 5.02 Å². The Morgan fingerprint density at radius 1 is 1.24 bits per heavy atom. The number of benzene rings is 1. The molecule has 2 aliphatic rings. The first-order valence-electron chi connectivity index (χ1n) is 7.31. The molecular formula is C16H18ClNO3. The van der Waals surface area contributed by atoms with E-state index in [4.69, 9.17) is 11.6 Å². The summed E-state index contributed by atoms with van der Waals surface area (Å²) in [4.78, 5) is 25.9. The second kappa shape index (κ2) is 5.43. The Morgan fingerprint density at radius 2 is 1.90 bits per heavy atom. The first-order valence-corrected chi connectivity index (χ1v) is 7.69. The normalized spacial score (nSPS) is 22.3. The van der Waals surface area contributed by atoms with Crippen molar-refractivity contribution in [3.05, 3.63) is 34.9 Å². The Labute approximate surface area is 128 Å². The average molecular weight is 308 g/mol. The molecule has 1 saturated carbocycles. The van der Waals surface area contributed by atoms with E-state index in [9.17, 15) is 14.7 Å². The third kappa shape index (κ3) is 2.47. The van der Waals surface area contributed by atoms with Crippen molar-refractivity contribution in [1.29, 1.82) is 0 Å². The molecule has 0 aromatic heterocycles. The monoisotopic (exact) mass is 307 g/mol. The van der Waals surface area contributed by atoms with E-state index in [1.807, 2.05) is 0 Å². The van der Waals surface area contributed by atoms with Crippen LogP contribution in [0.5, 0.6) is 0 Å². The van der Waals surface area contributed by atoms with Gasteiger partial charge in [0.15, 0.2) is 0 Å². The van der Waals surface area contributed by atoms with Crippen LogP contribution in [-0.4, -0.2) is 28.4 Å². The molecule has 1 spiro atoms. The number of nitrogens with zero attached hydrogens (tertiary/aromatic N) is 1. The average Bonchev–Trinajstić information content (AvgIpc) is 3.01.